The second kappa shape index (κ2) is 3.96. The summed E-state index contributed by atoms with van der Waals surface area (Å²) < 4.78 is 1.52. The molecule has 2 rings (SSSR count). The van der Waals surface area contributed by atoms with Gasteiger partial charge < -0.3 is 10.3 Å². The fourth-order valence-corrected chi connectivity index (χ4v) is 1.76. The van der Waals surface area contributed by atoms with E-state index < -0.39 is 5.91 Å². The molecule has 2 aromatic rings. The molecule has 0 aliphatic rings. The third-order valence-corrected chi connectivity index (χ3v) is 2.53. The average molecular weight is 215 g/mol. The summed E-state index contributed by atoms with van der Waals surface area (Å²) in [6, 6.07) is 5.24. The summed E-state index contributed by atoms with van der Waals surface area (Å²) in [4.78, 5) is 15.6. The van der Waals surface area contributed by atoms with Crippen LogP contribution in [0.2, 0.25) is 0 Å². The first-order valence-corrected chi connectivity index (χ1v) is 5.20. The molecule has 16 heavy (non-hydrogen) atoms. The molecule has 0 aliphatic heterocycles. The Bertz CT molecular complexity index is 542. The van der Waals surface area contributed by atoms with E-state index in [1.54, 1.807) is 12.1 Å². The Labute approximate surface area is 94.1 Å². The number of carbonyl (C=O) groups excluding carboxylic acids is 1. The molecule has 0 bridgehead atoms. The zero-order valence-corrected chi connectivity index (χ0v) is 9.10. The Morgan fingerprint density at radius 3 is 2.94 bits per heavy atom. The summed E-state index contributed by atoms with van der Waals surface area (Å²) in [6.45, 7) is 2.05. The number of hydrogen-bond donors (Lipinski definition) is 1. The van der Waals surface area contributed by atoms with Gasteiger partial charge in [0.1, 0.15) is 11.3 Å². The molecule has 0 saturated heterocycles. The largest absolute Gasteiger partial charge is 0.366 e. The second-order valence-corrected chi connectivity index (χ2v) is 3.69. The monoisotopic (exact) mass is 215 g/mol. The fourth-order valence-electron chi connectivity index (χ4n) is 1.76. The molecule has 2 radical (unpaired) electrons. The molecule has 0 aliphatic carbocycles. The number of benzene rings is 1. The molecule has 2 N–H and O–H groups in total. The van der Waals surface area contributed by atoms with E-state index in [0.29, 0.717) is 11.1 Å². The first-order chi connectivity index (χ1) is 7.65. The number of nitrogens with two attached hydrogens (primary N) is 1. The summed E-state index contributed by atoms with van der Waals surface area (Å²) in [6.07, 6.45) is 1.73. The van der Waals surface area contributed by atoms with E-state index in [-0.39, 0.29) is 0 Å². The highest BCUT2D eigenvalue weighted by molar-refractivity contribution is 6.04. The van der Waals surface area contributed by atoms with Crippen molar-refractivity contribution in [3.8, 4) is 0 Å². The van der Waals surface area contributed by atoms with E-state index in [1.807, 2.05) is 13.0 Å². The van der Waals surface area contributed by atoms with Crippen LogP contribution in [0, 0.1) is 7.05 Å². The molecule has 0 atom stereocenters. The number of carbonyl (C=O) groups is 1. The number of nitrogens with zero attached hydrogens (tertiary/aromatic N) is 2. The summed E-state index contributed by atoms with van der Waals surface area (Å²) in [7, 11) is 5.90. The number of aromatic nitrogens is 2. The maximum Gasteiger partial charge on any atom is 0.250 e. The third-order valence-electron chi connectivity index (χ3n) is 2.53. The Kier molecular flexibility index (Phi) is 2.64. The summed E-state index contributed by atoms with van der Waals surface area (Å²) in [5.74, 6) is 0.290. The molecule has 1 heterocycles. The van der Waals surface area contributed by atoms with Crippen molar-refractivity contribution in [1.82, 2.24) is 9.55 Å². The molecule has 4 nitrogen and oxygen atoms in total. The Hall–Kier alpha value is -1.84. The van der Waals surface area contributed by atoms with Crippen LogP contribution in [-0.2, 0) is 6.42 Å². The van der Waals surface area contributed by atoms with Crippen molar-refractivity contribution in [2.75, 3.05) is 0 Å². The zero-order valence-electron chi connectivity index (χ0n) is 9.10. The lowest BCUT2D eigenvalue weighted by molar-refractivity contribution is 0.100. The predicted octanol–water partition coefficient (Wildman–Crippen LogP) is 1.60. The zero-order chi connectivity index (χ0) is 11.7. The average Bonchev–Trinajstić information content (AvgIpc) is 2.57. The van der Waals surface area contributed by atoms with E-state index in [9.17, 15) is 4.79 Å². The van der Waals surface area contributed by atoms with Gasteiger partial charge in [-0.25, -0.2) is 4.98 Å². The normalized spacial score (nSPS) is 10.9. The minimum atomic E-state index is -0.480. The molecule has 1 aromatic heterocycles. The maximum absolute atomic E-state index is 11.2. The van der Waals surface area contributed by atoms with E-state index in [2.05, 4.69) is 4.98 Å². The number of primary amides is 1. The fraction of sp³-hybridized carbons (Fsp3) is 0.250. The Morgan fingerprint density at radius 2 is 2.31 bits per heavy atom. The standard InChI is InChI=1S/C12H13N3O/c1-3-5-10-14-11-8(12(13)16)6-4-7-9(11)15(10)2/h2,4,6-7H,3,5H2,1H3,(H2,13,16). The molecule has 0 saturated carbocycles. The molecule has 0 fully saturated rings. The topological polar surface area (TPSA) is 60.9 Å². The van der Waals surface area contributed by atoms with Crippen LogP contribution in [0.25, 0.3) is 11.0 Å². The first-order valence-electron chi connectivity index (χ1n) is 5.20. The maximum atomic E-state index is 11.2. The first kappa shape index (κ1) is 10.7. The van der Waals surface area contributed by atoms with E-state index >= 15 is 0 Å². The summed E-state index contributed by atoms with van der Waals surface area (Å²) in [5.41, 5.74) is 7.02. The van der Waals surface area contributed by atoms with E-state index in [1.165, 1.54) is 4.57 Å². The van der Waals surface area contributed by atoms with Crippen LogP contribution < -0.4 is 5.73 Å². The molecule has 1 aromatic carbocycles. The van der Waals surface area contributed by atoms with Crippen molar-refractivity contribution in [3.05, 3.63) is 36.6 Å². The Morgan fingerprint density at radius 1 is 1.56 bits per heavy atom. The molecular formula is C12H13N3O. The number of rotatable bonds is 3. The van der Waals surface area contributed by atoms with Gasteiger partial charge in [-0.2, -0.15) is 0 Å². The lowest BCUT2D eigenvalue weighted by atomic mass is 10.2. The van der Waals surface area contributed by atoms with Gasteiger partial charge in [-0.15, -0.1) is 0 Å². The van der Waals surface area contributed by atoms with Crippen molar-refractivity contribution >= 4 is 16.9 Å². The molecule has 82 valence electrons. The van der Waals surface area contributed by atoms with Crippen LogP contribution in [0.15, 0.2) is 18.2 Å². The van der Waals surface area contributed by atoms with Crippen LogP contribution >= 0.6 is 0 Å². The van der Waals surface area contributed by atoms with Crippen LogP contribution in [0.3, 0.4) is 0 Å². The van der Waals surface area contributed by atoms with Gasteiger partial charge in [0.25, 0.3) is 5.91 Å². The Balaban J connectivity index is 2.70. The number of para-hydroxylation sites is 1. The molecule has 0 unspecified atom stereocenters. The van der Waals surface area contributed by atoms with Crippen LogP contribution in [0.4, 0.5) is 0 Å². The van der Waals surface area contributed by atoms with Crippen LogP contribution in [-0.4, -0.2) is 15.5 Å². The van der Waals surface area contributed by atoms with E-state index in [4.69, 9.17) is 12.8 Å². The van der Waals surface area contributed by atoms with Crippen molar-refractivity contribution in [3.63, 3.8) is 0 Å². The smallest absolute Gasteiger partial charge is 0.250 e. The van der Waals surface area contributed by atoms with Crippen molar-refractivity contribution in [1.29, 1.82) is 0 Å². The van der Waals surface area contributed by atoms with Gasteiger partial charge >= 0.3 is 0 Å². The number of aryl methyl sites for hydroxylation is 1. The number of imidazole rings is 1. The second-order valence-electron chi connectivity index (χ2n) is 3.69. The van der Waals surface area contributed by atoms with Crippen LogP contribution in [0.1, 0.15) is 29.5 Å². The molecule has 4 heteroatoms. The third kappa shape index (κ3) is 1.56. The molecular weight excluding hydrogens is 202 g/mol. The predicted molar refractivity (Wildman–Crippen MR) is 61.9 cm³/mol. The van der Waals surface area contributed by atoms with Gasteiger partial charge in [-0.05, 0) is 18.6 Å². The molecule has 1 amide bonds. The number of amides is 1. The molecule has 0 spiro atoms. The highest BCUT2D eigenvalue weighted by atomic mass is 16.1. The summed E-state index contributed by atoms with van der Waals surface area (Å²) in [5, 5.41) is 0. The van der Waals surface area contributed by atoms with Gasteiger partial charge in [0.15, 0.2) is 0 Å². The quantitative estimate of drug-likeness (QED) is 0.845. The summed E-state index contributed by atoms with van der Waals surface area (Å²) >= 11 is 0. The van der Waals surface area contributed by atoms with Crippen molar-refractivity contribution in [2.24, 2.45) is 5.73 Å². The van der Waals surface area contributed by atoms with Crippen molar-refractivity contribution in [2.45, 2.75) is 19.8 Å². The van der Waals surface area contributed by atoms with Gasteiger partial charge in [-0.3, -0.25) is 4.79 Å². The minimum absolute atomic E-state index is 0.416. The van der Waals surface area contributed by atoms with Gasteiger partial charge in [-0.1, -0.05) is 13.0 Å². The number of hydrogen-bond acceptors (Lipinski definition) is 2. The van der Waals surface area contributed by atoms with Gasteiger partial charge in [0.2, 0.25) is 0 Å². The van der Waals surface area contributed by atoms with Gasteiger partial charge in [0.05, 0.1) is 18.1 Å². The lowest BCUT2D eigenvalue weighted by Crippen LogP contribution is -2.11. The minimum Gasteiger partial charge on any atom is -0.366 e. The highest BCUT2D eigenvalue weighted by Crippen LogP contribution is 2.19. The SMILES string of the molecule is [CH]n1c(CCC)nc2c(C(N)=O)cccc21. The van der Waals surface area contributed by atoms with Gasteiger partial charge in [0, 0.05) is 6.42 Å². The number of fused-ring (bicyclic) bond motifs is 1. The van der Waals surface area contributed by atoms with Crippen LogP contribution in [0.5, 0.6) is 0 Å². The van der Waals surface area contributed by atoms with E-state index in [0.717, 1.165) is 24.2 Å². The lowest BCUT2D eigenvalue weighted by Gasteiger charge is -1.99. The van der Waals surface area contributed by atoms with Crippen molar-refractivity contribution < 1.29 is 4.79 Å². The highest BCUT2D eigenvalue weighted by Gasteiger charge is 2.13.